The molecule has 1 aromatic heterocycles. The van der Waals surface area contributed by atoms with E-state index in [1.54, 1.807) is 12.4 Å². The Hall–Kier alpha value is -1.12. The molecule has 0 aliphatic heterocycles. The lowest BCUT2D eigenvalue weighted by atomic mass is 10.2. The van der Waals surface area contributed by atoms with Crippen molar-refractivity contribution in [2.24, 2.45) is 0 Å². The number of nitrogens with zero attached hydrogens (tertiary/aromatic N) is 2. The standard InChI is InChI=1S/C11H15FN2/c1-14(9-5-7-13-8-6-9)11-4-2-3-10(11)12/h5-8,10-11H,2-4H2,1H3/t10-,11-/m1/s1. The van der Waals surface area contributed by atoms with Crippen LogP contribution in [0.2, 0.25) is 0 Å². The highest BCUT2D eigenvalue weighted by Gasteiger charge is 2.30. The molecule has 3 heteroatoms. The smallest absolute Gasteiger partial charge is 0.120 e. The van der Waals surface area contributed by atoms with Gasteiger partial charge in [0, 0.05) is 25.1 Å². The van der Waals surface area contributed by atoms with Crippen LogP contribution in [0.5, 0.6) is 0 Å². The van der Waals surface area contributed by atoms with E-state index in [-0.39, 0.29) is 6.04 Å². The molecule has 2 atom stereocenters. The number of rotatable bonds is 2. The Morgan fingerprint density at radius 1 is 1.36 bits per heavy atom. The first-order chi connectivity index (χ1) is 6.79. The van der Waals surface area contributed by atoms with Crippen molar-refractivity contribution in [3.8, 4) is 0 Å². The molecule has 0 aromatic carbocycles. The molecule has 1 aliphatic carbocycles. The molecule has 0 unspecified atom stereocenters. The molecule has 2 nitrogen and oxygen atoms in total. The lowest BCUT2D eigenvalue weighted by Crippen LogP contribution is -2.35. The molecule has 14 heavy (non-hydrogen) atoms. The third-order valence-electron chi connectivity index (χ3n) is 2.96. The maximum atomic E-state index is 13.5. The summed E-state index contributed by atoms with van der Waals surface area (Å²) in [5, 5.41) is 0. The molecule has 0 saturated heterocycles. The van der Waals surface area contributed by atoms with Gasteiger partial charge in [0.05, 0.1) is 6.04 Å². The molecule has 1 aromatic rings. The van der Waals surface area contributed by atoms with Crippen molar-refractivity contribution in [1.82, 2.24) is 4.98 Å². The first kappa shape index (κ1) is 9.44. The molecule has 1 fully saturated rings. The molecule has 76 valence electrons. The third kappa shape index (κ3) is 1.72. The minimum Gasteiger partial charge on any atom is -0.369 e. The van der Waals surface area contributed by atoms with Gasteiger partial charge in [-0.3, -0.25) is 4.98 Å². The van der Waals surface area contributed by atoms with Crippen molar-refractivity contribution in [1.29, 1.82) is 0 Å². The van der Waals surface area contributed by atoms with Gasteiger partial charge < -0.3 is 4.90 Å². The van der Waals surface area contributed by atoms with Crippen LogP contribution >= 0.6 is 0 Å². The lowest BCUT2D eigenvalue weighted by molar-refractivity contribution is 0.307. The minimum atomic E-state index is -0.673. The molecular weight excluding hydrogens is 179 g/mol. The molecule has 0 amide bonds. The number of alkyl halides is 1. The Morgan fingerprint density at radius 3 is 2.64 bits per heavy atom. The molecule has 0 spiro atoms. The van der Waals surface area contributed by atoms with Gasteiger partial charge >= 0.3 is 0 Å². The summed E-state index contributed by atoms with van der Waals surface area (Å²) in [6.07, 6.45) is 5.48. The summed E-state index contributed by atoms with van der Waals surface area (Å²) in [5.41, 5.74) is 1.05. The van der Waals surface area contributed by atoms with Crippen LogP contribution in [0.1, 0.15) is 19.3 Å². The van der Waals surface area contributed by atoms with Gasteiger partial charge in [-0.1, -0.05) is 0 Å². The quantitative estimate of drug-likeness (QED) is 0.718. The van der Waals surface area contributed by atoms with Gasteiger partial charge in [-0.15, -0.1) is 0 Å². The second-order valence-corrected chi connectivity index (χ2v) is 3.83. The summed E-state index contributed by atoms with van der Waals surface area (Å²) >= 11 is 0. The van der Waals surface area contributed by atoms with Gasteiger partial charge in [0.2, 0.25) is 0 Å². The van der Waals surface area contributed by atoms with Gasteiger partial charge in [-0.25, -0.2) is 4.39 Å². The predicted octanol–water partition coefficient (Wildman–Crippen LogP) is 2.41. The number of aromatic nitrogens is 1. The first-order valence-corrected chi connectivity index (χ1v) is 5.06. The second kappa shape index (κ2) is 3.95. The maximum absolute atomic E-state index is 13.5. The molecule has 1 saturated carbocycles. The van der Waals surface area contributed by atoms with Crippen LogP contribution in [0, 0.1) is 0 Å². The zero-order valence-electron chi connectivity index (χ0n) is 8.36. The van der Waals surface area contributed by atoms with E-state index in [0.29, 0.717) is 6.42 Å². The highest BCUT2D eigenvalue weighted by molar-refractivity contribution is 5.45. The van der Waals surface area contributed by atoms with Crippen LogP contribution in [-0.2, 0) is 0 Å². The largest absolute Gasteiger partial charge is 0.369 e. The van der Waals surface area contributed by atoms with E-state index in [2.05, 4.69) is 4.98 Å². The van der Waals surface area contributed by atoms with E-state index in [9.17, 15) is 4.39 Å². The van der Waals surface area contributed by atoms with E-state index in [4.69, 9.17) is 0 Å². The average molecular weight is 194 g/mol. The van der Waals surface area contributed by atoms with Crippen LogP contribution in [0.3, 0.4) is 0 Å². The fourth-order valence-corrected chi connectivity index (χ4v) is 2.10. The van der Waals surface area contributed by atoms with E-state index in [0.717, 1.165) is 18.5 Å². The fraction of sp³-hybridized carbons (Fsp3) is 0.545. The van der Waals surface area contributed by atoms with E-state index < -0.39 is 6.17 Å². The molecular formula is C11H15FN2. The van der Waals surface area contributed by atoms with Crippen LogP contribution < -0.4 is 4.90 Å². The van der Waals surface area contributed by atoms with Gasteiger partial charge in [0.1, 0.15) is 6.17 Å². The van der Waals surface area contributed by atoms with Crippen LogP contribution in [0.4, 0.5) is 10.1 Å². The van der Waals surface area contributed by atoms with Crippen LogP contribution in [0.25, 0.3) is 0 Å². The lowest BCUT2D eigenvalue weighted by Gasteiger charge is -2.27. The van der Waals surface area contributed by atoms with Crippen molar-refractivity contribution >= 4 is 5.69 Å². The molecule has 1 aliphatic rings. The first-order valence-electron chi connectivity index (χ1n) is 5.06. The van der Waals surface area contributed by atoms with Crippen molar-refractivity contribution in [2.75, 3.05) is 11.9 Å². The van der Waals surface area contributed by atoms with Crippen molar-refractivity contribution < 1.29 is 4.39 Å². The average Bonchev–Trinajstić information content (AvgIpc) is 2.65. The Balaban J connectivity index is 2.12. The second-order valence-electron chi connectivity index (χ2n) is 3.83. The van der Waals surface area contributed by atoms with Gasteiger partial charge in [-0.05, 0) is 31.4 Å². The number of anilines is 1. The Morgan fingerprint density at radius 2 is 2.07 bits per heavy atom. The zero-order chi connectivity index (χ0) is 9.97. The van der Waals surface area contributed by atoms with Gasteiger partial charge in [-0.2, -0.15) is 0 Å². The van der Waals surface area contributed by atoms with E-state index in [1.807, 2.05) is 24.1 Å². The minimum absolute atomic E-state index is 0.0531. The molecule has 1 heterocycles. The number of hydrogen-bond acceptors (Lipinski definition) is 2. The van der Waals surface area contributed by atoms with Gasteiger partial charge in [0.25, 0.3) is 0 Å². The summed E-state index contributed by atoms with van der Waals surface area (Å²) in [7, 11) is 1.96. The monoisotopic (exact) mass is 194 g/mol. The summed E-state index contributed by atoms with van der Waals surface area (Å²) in [4.78, 5) is 5.98. The SMILES string of the molecule is CN(c1ccncc1)[C@@H]1CCC[C@H]1F. The van der Waals surface area contributed by atoms with Crippen LogP contribution in [-0.4, -0.2) is 24.2 Å². The van der Waals surface area contributed by atoms with E-state index in [1.165, 1.54) is 0 Å². The highest BCUT2D eigenvalue weighted by Crippen LogP contribution is 2.28. The Labute approximate surface area is 83.8 Å². The summed E-state index contributed by atoms with van der Waals surface area (Å²) < 4.78 is 13.5. The zero-order valence-corrected chi connectivity index (χ0v) is 8.36. The number of halogens is 1. The molecule has 0 bridgehead atoms. The van der Waals surface area contributed by atoms with E-state index >= 15 is 0 Å². The normalized spacial score (nSPS) is 26.4. The fourth-order valence-electron chi connectivity index (χ4n) is 2.10. The summed E-state index contributed by atoms with van der Waals surface area (Å²) in [5.74, 6) is 0. The topological polar surface area (TPSA) is 16.1 Å². The third-order valence-corrected chi connectivity index (χ3v) is 2.96. The highest BCUT2D eigenvalue weighted by atomic mass is 19.1. The predicted molar refractivity (Wildman–Crippen MR) is 55.2 cm³/mol. The van der Waals surface area contributed by atoms with Crippen LogP contribution in [0.15, 0.2) is 24.5 Å². The Bertz CT molecular complexity index is 289. The number of pyridine rings is 1. The van der Waals surface area contributed by atoms with Crippen molar-refractivity contribution in [2.45, 2.75) is 31.5 Å². The van der Waals surface area contributed by atoms with Gasteiger partial charge in [0.15, 0.2) is 0 Å². The molecule has 0 radical (unpaired) electrons. The summed E-state index contributed by atoms with van der Waals surface area (Å²) in [6.45, 7) is 0. The maximum Gasteiger partial charge on any atom is 0.120 e. The molecule has 2 rings (SSSR count). The summed E-state index contributed by atoms with van der Waals surface area (Å²) in [6, 6.07) is 3.90. The van der Waals surface area contributed by atoms with Crippen molar-refractivity contribution in [3.63, 3.8) is 0 Å². The van der Waals surface area contributed by atoms with Crippen molar-refractivity contribution in [3.05, 3.63) is 24.5 Å². The number of hydrogen-bond donors (Lipinski definition) is 0. The Kier molecular flexibility index (Phi) is 2.66. The molecule has 0 N–H and O–H groups in total.